The Labute approximate surface area is 177 Å². The Morgan fingerprint density at radius 3 is 2.80 bits per heavy atom. The summed E-state index contributed by atoms with van der Waals surface area (Å²) in [6.45, 7) is 2.75. The molecule has 6 nitrogen and oxygen atoms in total. The number of para-hydroxylation sites is 2. The van der Waals surface area contributed by atoms with E-state index in [0.717, 1.165) is 57.9 Å². The molecule has 7 heteroatoms. The Bertz CT molecular complexity index is 1240. The summed E-state index contributed by atoms with van der Waals surface area (Å²) in [5.41, 5.74) is 4.77. The summed E-state index contributed by atoms with van der Waals surface area (Å²) in [6, 6.07) is 15.8. The van der Waals surface area contributed by atoms with Crippen molar-refractivity contribution in [3.8, 4) is 11.3 Å². The molecular formula is C23H22N4O2S. The third-order valence-corrected chi connectivity index (χ3v) is 6.48. The van der Waals surface area contributed by atoms with Crippen LogP contribution in [0.15, 0.2) is 58.7 Å². The van der Waals surface area contributed by atoms with E-state index >= 15 is 0 Å². The van der Waals surface area contributed by atoms with Gasteiger partial charge < -0.3 is 9.88 Å². The van der Waals surface area contributed by atoms with Crippen LogP contribution in [0.25, 0.3) is 22.3 Å². The number of carbonyl (C=O) groups excluding carboxylic acids is 1. The van der Waals surface area contributed by atoms with E-state index in [4.69, 9.17) is 4.98 Å². The van der Waals surface area contributed by atoms with Crippen LogP contribution < -0.4 is 4.87 Å². The van der Waals surface area contributed by atoms with E-state index in [-0.39, 0.29) is 23.4 Å². The zero-order chi connectivity index (χ0) is 20.7. The average molecular weight is 419 g/mol. The van der Waals surface area contributed by atoms with Crippen LogP contribution in [0, 0.1) is 6.92 Å². The highest BCUT2D eigenvalue weighted by atomic mass is 32.1. The number of H-pyrrole nitrogens is 1. The maximum atomic E-state index is 13.2. The van der Waals surface area contributed by atoms with Gasteiger partial charge in [-0.1, -0.05) is 53.3 Å². The highest BCUT2D eigenvalue weighted by molar-refractivity contribution is 7.07. The Morgan fingerprint density at radius 2 is 2.00 bits per heavy atom. The first-order chi connectivity index (χ1) is 14.6. The molecule has 152 valence electrons. The van der Waals surface area contributed by atoms with Gasteiger partial charge in [-0.2, -0.15) is 0 Å². The number of hydrogen-bond donors (Lipinski definition) is 1. The van der Waals surface area contributed by atoms with Crippen molar-refractivity contribution in [2.45, 2.75) is 32.4 Å². The number of benzene rings is 2. The van der Waals surface area contributed by atoms with Crippen molar-refractivity contribution < 1.29 is 4.79 Å². The van der Waals surface area contributed by atoms with Crippen molar-refractivity contribution in [2.24, 2.45) is 0 Å². The van der Waals surface area contributed by atoms with Gasteiger partial charge in [-0.3, -0.25) is 14.2 Å². The third-order valence-electron chi connectivity index (χ3n) is 5.72. The normalized spacial score (nSPS) is 16.4. The maximum Gasteiger partial charge on any atom is 0.308 e. The van der Waals surface area contributed by atoms with E-state index in [1.807, 2.05) is 65.7 Å². The van der Waals surface area contributed by atoms with Gasteiger partial charge in [-0.05, 0) is 37.5 Å². The molecule has 0 unspecified atom stereocenters. The number of rotatable bonds is 4. The predicted octanol–water partition coefficient (Wildman–Crippen LogP) is 4.13. The highest BCUT2D eigenvalue weighted by Crippen LogP contribution is 2.32. The lowest BCUT2D eigenvalue weighted by Gasteiger charge is -2.23. The number of likely N-dealkylation sites (tertiary alicyclic amines) is 1. The quantitative estimate of drug-likeness (QED) is 0.542. The smallest absolute Gasteiger partial charge is 0.308 e. The fraction of sp³-hybridized carbons (Fsp3) is 0.261. The van der Waals surface area contributed by atoms with Gasteiger partial charge >= 0.3 is 4.87 Å². The summed E-state index contributed by atoms with van der Waals surface area (Å²) in [4.78, 5) is 35.5. The van der Waals surface area contributed by atoms with E-state index in [1.165, 1.54) is 0 Å². The lowest BCUT2D eigenvalue weighted by Crippen LogP contribution is -2.35. The van der Waals surface area contributed by atoms with E-state index < -0.39 is 0 Å². The van der Waals surface area contributed by atoms with Gasteiger partial charge in [0.25, 0.3) is 0 Å². The molecule has 1 fully saturated rings. The standard InChI is InChI=1S/C23H22N4O2S/c1-15-8-10-16(11-9-15)20-14-30-23(29)27(20)13-21(28)26-12-4-7-19(26)22-24-17-5-2-3-6-18(17)25-22/h2-3,5-6,8-11,14,19H,4,7,12-13H2,1H3,(H,24,25)/t19-/m1/s1. The van der Waals surface area contributed by atoms with E-state index in [1.54, 1.807) is 4.57 Å². The Hall–Kier alpha value is -3.19. The average Bonchev–Trinajstić information content (AvgIpc) is 3.47. The maximum absolute atomic E-state index is 13.2. The molecule has 5 rings (SSSR count). The van der Waals surface area contributed by atoms with Gasteiger partial charge in [0.2, 0.25) is 5.91 Å². The van der Waals surface area contributed by atoms with Gasteiger partial charge in [0.1, 0.15) is 12.4 Å². The van der Waals surface area contributed by atoms with Crippen LogP contribution in [0.1, 0.15) is 30.3 Å². The first-order valence-electron chi connectivity index (χ1n) is 10.1. The Balaban J connectivity index is 1.42. The molecule has 1 aliphatic heterocycles. The number of aromatic nitrogens is 3. The zero-order valence-electron chi connectivity index (χ0n) is 16.7. The minimum Gasteiger partial charge on any atom is -0.340 e. The van der Waals surface area contributed by atoms with Crippen LogP contribution in [0.4, 0.5) is 0 Å². The van der Waals surface area contributed by atoms with Crippen LogP contribution in [0.5, 0.6) is 0 Å². The molecule has 0 aliphatic carbocycles. The van der Waals surface area contributed by atoms with Crippen molar-refractivity contribution in [3.63, 3.8) is 0 Å². The number of amides is 1. The molecule has 1 atom stereocenters. The molecule has 2 aromatic carbocycles. The number of aromatic amines is 1. The van der Waals surface area contributed by atoms with Crippen LogP contribution in [-0.2, 0) is 11.3 Å². The second kappa shape index (κ2) is 7.57. The predicted molar refractivity (Wildman–Crippen MR) is 119 cm³/mol. The topological polar surface area (TPSA) is 71.0 Å². The number of aryl methyl sites for hydroxylation is 1. The SMILES string of the molecule is Cc1ccc(-c2csc(=O)n2CC(=O)N2CCC[C@@H]2c2nc3ccccc3[nH]2)cc1. The summed E-state index contributed by atoms with van der Waals surface area (Å²) in [6.07, 6.45) is 1.80. The fourth-order valence-electron chi connectivity index (χ4n) is 4.14. The Kier molecular flexibility index (Phi) is 4.75. The highest BCUT2D eigenvalue weighted by Gasteiger charge is 2.32. The van der Waals surface area contributed by atoms with Crippen LogP contribution in [0.2, 0.25) is 0 Å². The first kappa shape index (κ1) is 18.8. The molecular weight excluding hydrogens is 396 g/mol. The molecule has 0 radical (unpaired) electrons. The number of nitrogens with zero attached hydrogens (tertiary/aromatic N) is 3. The van der Waals surface area contributed by atoms with Crippen molar-refractivity contribution in [1.82, 2.24) is 19.4 Å². The summed E-state index contributed by atoms with van der Waals surface area (Å²) < 4.78 is 1.59. The summed E-state index contributed by atoms with van der Waals surface area (Å²) in [5.74, 6) is 0.769. The molecule has 1 amide bonds. The molecule has 0 saturated carbocycles. The van der Waals surface area contributed by atoms with Gasteiger partial charge in [-0.15, -0.1) is 0 Å². The number of carbonyl (C=O) groups is 1. The number of thiazole rings is 1. The van der Waals surface area contributed by atoms with Gasteiger partial charge in [-0.25, -0.2) is 4.98 Å². The molecule has 0 spiro atoms. The van der Waals surface area contributed by atoms with Gasteiger partial charge in [0, 0.05) is 11.9 Å². The Morgan fingerprint density at radius 1 is 1.20 bits per heavy atom. The monoisotopic (exact) mass is 418 g/mol. The first-order valence-corrected chi connectivity index (χ1v) is 11.0. The number of nitrogens with one attached hydrogen (secondary N) is 1. The molecule has 2 aromatic heterocycles. The zero-order valence-corrected chi connectivity index (χ0v) is 17.5. The van der Waals surface area contributed by atoms with Gasteiger partial charge in [0.15, 0.2) is 0 Å². The fourth-order valence-corrected chi connectivity index (χ4v) is 4.90. The van der Waals surface area contributed by atoms with Crippen molar-refractivity contribution in [3.05, 3.63) is 75.0 Å². The molecule has 30 heavy (non-hydrogen) atoms. The van der Waals surface area contributed by atoms with Crippen molar-refractivity contribution in [1.29, 1.82) is 0 Å². The lowest BCUT2D eigenvalue weighted by atomic mass is 10.1. The minimum absolute atomic E-state index is 0.0439. The second-order valence-electron chi connectivity index (χ2n) is 7.72. The summed E-state index contributed by atoms with van der Waals surface area (Å²) in [5, 5.41) is 1.83. The lowest BCUT2D eigenvalue weighted by molar-refractivity contribution is -0.132. The van der Waals surface area contributed by atoms with Crippen LogP contribution in [0.3, 0.4) is 0 Å². The van der Waals surface area contributed by atoms with Crippen molar-refractivity contribution in [2.75, 3.05) is 6.54 Å². The summed E-state index contributed by atoms with van der Waals surface area (Å²) >= 11 is 1.13. The largest absolute Gasteiger partial charge is 0.340 e. The molecule has 1 saturated heterocycles. The van der Waals surface area contributed by atoms with E-state index in [9.17, 15) is 9.59 Å². The number of hydrogen-bond acceptors (Lipinski definition) is 4. The molecule has 1 N–H and O–H groups in total. The van der Waals surface area contributed by atoms with E-state index in [2.05, 4.69) is 4.98 Å². The number of imidazole rings is 1. The van der Waals surface area contributed by atoms with Crippen molar-refractivity contribution >= 4 is 28.3 Å². The molecule has 0 bridgehead atoms. The van der Waals surface area contributed by atoms with Crippen LogP contribution in [-0.4, -0.2) is 31.9 Å². The second-order valence-corrected chi connectivity index (χ2v) is 8.54. The van der Waals surface area contributed by atoms with E-state index in [0.29, 0.717) is 6.54 Å². The molecule has 3 heterocycles. The minimum atomic E-state index is -0.113. The third kappa shape index (κ3) is 3.35. The molecule has 1 aliphatic rings. The summed E-state index contributed by atoms with van der Waals surface area (Å²) in [7, 11) is 0. The molecule has 4 aromatic rings. The number of fused-ring (bicyclic) bond motifs is 1. The van der Waals surface area contributed by atoms with Crippen LogP contribution >= 0.6 is 11.3 Å². The van der Waals surface area contributed by atoms with Gasteiger partial charge in [0.05, 0.1) is 22.8 Å².